The van der Waals surface area contributed by atoms with Crippen LogP contribution in [-0.4, -0.2) is 29.9 Å². The summed E-state index contributed by atoms with van der Waals surface area (Å²) in [6, 6.07) is 7.13. The van der Waals surface area contributed by atoms with Crippen molar-refractivity contribution in [1.29, 1.82) is 0 Å². The van der Waals surface area contributed by atoms with Gasteiger partial charge in [0.25, 0.3) is 0 Å². The molecule has 0 aliphatic rings. The largest absolute Gasteiger partial charge is 0.383 e. The number of carbonyl (C=O) groups excluding carboxylic acids is 1. The van der Waals surface area contributed by atoms with Crippen LogP contribution in [0.15, 0.2) is 41.1 Å². The van der Waals surface area contributed by atoms with Gasteiger partial charge < -0.3 is 9.42 Å². The Kier molecular flexibility index (Phi) is 4.25. The Balaban J connectivity index is 2.42. The minimum absolute atomic E-state index is 0.137. The molecule has 0 aliphatic carbocycles. The van der Waals surface area contributed by atoms with E-state index in [1.54, 1.807) is 30.2 Å². The molecule has 2 rings (SSSR count). The average molecular weight is 291 g/mol. The number of hydrogen-bond donors (Lipinski definition) is 0. The number of halogens is 1. The van der Waals surface area contributed by atoms with Crippen LogP contribution in [0.3, 0.4) is 0 Å². The third kappa shape index (κ3) is 3.08. The molecule has 0 saturated heterocycles. The molecule has 20 heavy (non-hydrogen) atoms. The van der Waals surface area contributed by atoms with Gasteiger partial charge in [-0.1, -0.05) is 28.9 Å². The van der Waals surface area contributed by atoms with Crippen LogP contribution >= 0.6 is 11.6 Å². The van der Waals surface area contributed by atoms with Crippen molar-refractivity contribution < 1.29 is 9.32 Å². The third-order valence-electron chi connectivity index (χ3n) is 2.75. The van der Waals surface area contributed by atoms with Gasteiger partial charge in [-0.2, -0.15) is 0 Å². The first-order chi connectivity index (χ1) is 9.49. The molecule has 1 aromatic carbocycles. The van der Waals surface area contributed by atoms with Gasteiger partial charge in [-0.05, 0) is 19.1 Å². The Labute approximate surface area is 122 Å². The summed E-state index contributed by atoms with van der Waals surface area (Å²) in [5.41, 5.74) is 1.81. The van der Waals surface area contributed by atoms with Gasteiger partial charge in [-0.25, -0.2) is 0 Å². The number of ketones is 1. The lowest BCUT2D eigenvalue weighted by Gasteiger charge is -2.03. The van der Waals surface area contributed by atoms with Crippen LogP contribution in [0.4, 0.5) is 0 Å². The van der Waals surface area contributed by atoms with Crippen LogP contribution in [0.5, 0.6) is 0 Å². The Morgan fingerprint density at radius 3 is 2.55 bits per heavy atom. The molecule has 0 atom stereocenters. The predicted octanol–water partition coefficient (Wildman–Crippen LogP) is 3.56. The lowest BCUT2D eigenvalue weighted by atomic mass is 10.0. The van der Waals surface area contributed by atoms with Crippen molar-refractivity contribution in [2.75, 3.05) is 14.1 Å². The van der Waals surface area contributed by atoms with Crippen LogP contribution in [0.1, 0.15) is 16.1 Å². The highest BCUT2D eigenvalue weighted by molar-refractivity contribution is 6.30. The first kappa shape index (κ1) is 14.3. The summed E-state index contributed by atoms with van der Waals surface area (Å²) in [6.45, 7) is 1.73. The van der Waals surface area contributed by atoms with E-state index in [1.807, 2.05) is 26.2 Å². The van der Waals surface area contributed by atoms with Crippen molar-refractivity contribution in [3.63, 3.8) is 0 Å². The van der Waals surface area contributed by atoms with Crippen molar-refractivity contribution in [3.05, 3.63) is 52.9 Å². The maximum absolute atomic E-state index is 12.3. The molecule has 0 bridgehead atoms. The standard InChI is InChI=1S/C15H15ClN2O2/c1-10-14(13(19)8-9-18(2)3)15(17-20-10)11-4-6-12(16)7-5-11/h4-9H,1-3H3. The van der Waals surface area contributed by atoms with Crippen LogP contribution in [0.2, 0.25) is 5.02 Å². The summed E-state index contributed by atoms with van der Waals surface area (Å²) < 4.78 is 5.16. The molecular formula is C15H15ClN2O2. The van der Waals surface area contributed by atoms with E-state index in [0.29, 0.717) is 22.0 Å². The van der Waals surface area contributed by atoms with Gasteiger partial charge in [-0.15, -0.1) is 0 Å². The molecule has 0 spiro atoms. The molecule has 0 amide bonds. The maximum atomic E-state index is 12.3. The highest BCUT2D eigenvalue weighted by Crippen LogP contribution is 2.27. The van der Waals surface area contributed by atoms with E-state index in [-0.39, 0.29) is 5.78 Å². The number of allylic oxidation sites excluding steroid dienone is 1. The SMILES string of the molecule is Cc1onc(-c2ccc(Cl)cc2)c1C(=O)C=CN(C)C. The summed E-state index contributed by atoms with van der Waals surface area (Å²) in [5.74, 6) is 0.366. The van der Waals surface area contributed by atoms with Crippen molar-refractivity contribution in [3.8, 4) is 11.3 Å². The zero-order chi connectivity index (χ0) is 14.7. The highest BCUT2D eigenvalue weighted by atomic mass is 35.5. The van der Waals surface area contributed by atoms with Gasteiger partial charge in [0, 0.05) is 37.0 Å². The molecule has 0 fully saturated rings. The molecule has 0 unspecified atom stereocenters. The number of nitrogens with zero attached hydrogens (tertiary/aromatic N) is 2. The van der Waals surface area contributed by atoms with E-state index in [2.05, 4.69) is 5.16 Å². The minimum Gasteiger partial charge on any atom is -0.383 e. The molecule has 5 heteroatoms. The van der Waals surface area contributed by atoms with Crippen LogP contribution in [-0.2, 0) is 0 Å². The molecule has 0 saturated carbocycles. The fraction of sp³-hybridized carbons (Fsp3) is 0.200. The lowest BCUT2D eigenvalue weighted by molar-refractivity contribution is 0.104. The Morgan fingerprint density at radius 2 is 1.95 bits per heavy atom. The fourth-order valence-electron chi connectivity index (χ4n) is 1.77. The second-order valence-electron chi connectivity index (χ2n) is 4.61. The Bertz CT molecular complexity index is 642. The molecule has 1 aromatic heterocycles. The first-order valence-corrected chi connectivity index (χ1v) is 6.48. The molecule has 0 radical (unpaired) electrons. The second kappa shape index (κ2) is 5.92. The van der Waals surface area contributed by atoms with E-state index < -0.39 is 0 Å². The minimum atomic E-state index is -0.137. The fourth-order valence-corrected chi connectivity index (χ4v) is 1.89. The smallest absolute Gasteiger partial charge is 0.193 e. The first-order valence-electron chi connectivity index (χ1n) is 6.10. The Hall–Kier alpha value is -2.07. The van der Waals surface area contributed by atoms with Gasteiger partial charge in [0.15, 0.2) is 5.78 Å². The zero-order valence-electron chi connectivity index (χ0n) is 11.6. The molecule has 1 heterocycles. The predicted molar refractivity (Wildman–Crippen MR) is 78.8 cm³/mol. The average Bonchev–Trinajstić information content (AvgIpc) is 2.79. The topological polar surface area (TPSA) is 46.3 Å². The van der Waals surface area contributed by atoms with Crippen LogP contribution in [0.25, 0.3) is 11.3 Å². The highest BCUT2D eigenvalue weighted by Gasteiger charge is 2.19. The second-order valence-corrected chi connectivity index (χ2v) is 5.05. The van der Waals surface area contributed by atoms with Crippen LogP contribution in [0, 0.1) is 6.92 Å². The number of carbonyl (C=O) groups is 1. The van der Waals surface area contributed by atoms with Gasteiger partial charge >= 0.3 is 0 Å². The van der Waals surface area contributed by atoms with Gasteiger partial charge in [0.05, 0.1) is 5.56 Å². The van der Waals surface area contributed by atoms with E-state index in [4.69, 9.17) is 16.1 Å². The summed E-state index contributed by atoms with van der Waals surface area (Å²) in [5, 5.41) is 4.61. The van der Waals surface area contributed by atoms with Gasteiger partial charge in [0.2, 0.25) is 0 Å². The monoisotopic (exact) mass is 290 g/mol. The number of rotatable bonds is 4. The molecule has 104 valence electrons. The third-order valence-corrected chi connectivity index (χ3v) is 3.00. The summed E-state index contributed by atoms with van der Waals surface area (Å²) in [7, 11) is 3.70. The summed E-state index contributed by atoms with van der Waals surface area (Å²) >= 11 is 5.86. The maximum Gasteiger partial charge on any atom is 0.193 e. The van der Waals surface area contributed by atoms with Crippen molar-refractivity contribution in [1.82, 2.24) is 10.1 Å². The van der Waals surface area contributed by atoms with Crippen molar-refractivity contribution in [2.24, 2.45) is 0 Å². The normalized spacial score (nSPS) is 11.0. The molecule has 0 N–H and O–H groups in total. The Morgan fingerprint density at radius 1 is 1.30 bits per heavy atom. The lowest BCUT2D eigenvalue weighted by Crippen LogP contribution is -2.04. The van der Waals surface area contributed by atoms with Crippen molar-refractivity contribution in [2.45, 2.75) is 6.92 Å². The molecule has 2 aromatic rings. The van der Waals surface area contributed by atoms with Gasteiger partial charge in [0.1, 0.15) is 11.5 Å². The van der Waals surface area contributed by atoms with E-state index >= 15 is 0 Å². The molecule has 0 aliphatic heterocycles. The number of aromatic nitrogens is 1. The van der Waals surface area contributed by atoms with E-state index in [0.717, 1.165) is 5.56 Å². The summed E-state index contributed by atoms with van der Waals surface area (Å²) in [4.78, 5) is 14.0. The van der Waals surface area contributed by atoms with E-state index in [1.165, 1.54) is 6.08 Å². The molecule has 4 nitrogen and oxygen atoms in total. The van der Waals surface area contributed by atoms with Gasteiger partial charge in [-0.3, -0.25) is 4.79 Å². The number of hydrogen-bond acceptors (Lipinski definition) is 4. The summed E-state index contributed by atoms with van der Waals surface area (Å²) in [6.07, 6.45) is 3.19. The quantitative estimate of drug-likeness (QED) is 0.638. The molecular weight excluding hydrogens is 276 g/mol. The number of aryl methyl sites for hydroxylation is 1. The number of benzene rings is 1. The van der Waals surface area contributed by atoms with E-state index in [9.17, 15) is 4.79 Å². The zero-order valence-corrected chi connectivity index (χ0v) is 12.3. The van der Waals surface area contributed by atoms with Crippen LogP contribution < -0.4 is 0 Å². The van der Waals surface area contributed by atoms with Crippen molar-refractivity contribution >= 4 is 17.4 Å².